The van der Waals surface area contributed by atoms with Crippen molar-refractivity contribution in [2.24, 2.45) is 0 Å². The van der Waals surface area contributed by atoms with Crippen LogP contribution in [0.3, 0.4) is 0 Å². The van der Waals surface area contributed by atoms with Gasteiger partial charge in [-0.2, -0.15) is 0 Å². The molecule has 2 heteroatoms. The van der Waals surface area contributed by atoms with Crippen LogP contribution in [0.5, 0.6) is 0 Å². The lowest BCUT2D eigenvalue weighted by atomic mass is 9.31. The van der Waals surface area contributed by atoms with Crippen LogP contribution >= 0.6 is 0 Å². The molecule has 2 heterocycles. The first-order valence-electron chi connectivity index (χ1n) is 22.7. The smallest absolute Gasteiger partial charge is 0.0664 e. The monoisotopic (exact) mass is 791 g/mol. The Morgan fingerprint density at radius 3 is 0.817 bits per heavy atom. The van der Waals surface area contributed by atoms with E-state index < -0.39 is 0 Å². The first-order chi connectivity index (χ1) is 27.6. The average molecular weight is 791 g/mol. The molecule has 5 aromatic rings. The Hall–Kier alpha value is -4.29. The van der Waals surface area contributed by atoms with Gasteiger partial charge in [0.2, 0.25) is 13.4 Å². The van der Waals surface area contributed by atoms with Crippen molar-refractivity contribution in [1.29, 1.82) is 0 Å². The van der Waals surface area contributed by atoms with Gasteiger partial charge >= 0.3 is 0 Å². The summed E-state index contributed by atoms with van der Waals surface area (Å²) in [5, 5.41) is 0. The molecule has 0 saturated heterocycles. The predicted molar refractivity (Wildman–Crippen MR) is 272 cm³/mol. The molecular weight excluding hydrogens is 718 g/mol. The molecule has 0 amide bonds. The molecule has 0 saturated carbocycles. The van der Waals surface area contributed by atoms with Crippen LogP contribution in [0.4, 0.5) is 0 Å². The van der Waals surface area contributed by atoms with E-state index in [2.05, 4.69) is 234 Å². The summed E-state index contributed by atoms with van der Waals surface area (Å²) in [5.41, 5.74) is 22.1. The molecule has 0 unspecified atom stereocenters. The molecule has 60 heavy (non-hydrogen) atoms. The molecular formula is C58H72B2. The molecule has 0 spiro atoms. The van der Waals surface area contributed by atoms with Crippen LogP contribution in [-0.4, -0.2) is 13.4 Å². The summed E-state index contributed by atoms with van der Waals surface area (Å²) < 4.78 is 0. The second kappa shape index (κ2) is 14.7. The van der Waals surface area contributed by atoms with Gasteiger partial charge in [0.1, 0.15) is 0 Å². The number of benzene rings is 5. The highest BCUT2D eigenvalue weighted by Gasteiger charge is 2.41. The van der Waals surface area contributed by atoms with Crippen LogP contribution in [0, 0.1) is 0 Å². The topological polar surface area (TPSA) is 0 Å². The van der Waals surface area contributed by atoms with Crippen LogP contribution in [0.1, 0.15) is 180 Å². The summed E-state index contributed by atoms with van der Waals surface area (Å²) in [6.45, 7) is 43.3. The van der Waals surface area contributed by atoms with Gasteiger partial charge in [-0.05, 0) is 88.1 Å². The highest BCUT2D eigenvalue weighted by atomic mass is 14.3. The van der Waals surface area contributed by atoms with E-state index >= 15 is 0 Å². The zero-order valence-electron chi connectivity index (χ0n) is 40.5. The standard InChI is InChI=1S/C58H72B2/c1-53(2,3)41-33-43(55(7,8)9)51(44(34-41)56(10,11)12)59-47-25-21-19-23-37(47)27-29-39-32-50-40(31-49(39)59)30-28-38-24-20-22-26-48(38)60(50)52-45(57(13,14)15)35-42(54(4,5)6)36-46(52)58(16,17)18/h19-36H,1-18H3. The van der Waals surface area contributed by atoms with E-state index in [1.54, 1.807) is 0 Å². The van der Waals surface area contributed by atoms with Gasteiger partial charge in [-0.15, -0.1) is 0 Å². The Morgan fingerprint density at radius 2 is 0.550 bits per heavy atom. The molecule has 2 aliphatic rings. The van der Waals surface area contributed by atoms with E-state index in [-0.39, 0.29) is 45.9 Å². The Bertz CT molecular complexity index is 2280. The second-order valence-corrected chi connectivity index (χ2v) is 24.4. The van der Waals surface area contributed by atoms with E-state index in [1.165, 1.54) is 88.4 Å². The summed E-state index contributed by atoms with van der Waals surface area (Å²) in [4.78, 5) is 0. The van der Waals surface area contributed by atoms with Gasteiger partial charge in [0.05, 0.1) is 0 Å². The van der Waals surface area contributed by atoms with Gasteiger partial charge in [0.25, 0.3) is 0 Å². The lowest BCUT2D eigenvalue weighted by Crippen LogP contribution is -2.60. The van der Waals surface area contributed by atoms with Gasteiger partial charge in [0.15, 0.2) is 0 Å². The first-order valence-corrected chi connectivity index (χ1v) is 22.7. The quantitative estimate of drug-likeness (QED) is 0.153. The van der Waals surface area contributed by atoms with Crippen molar-refractivity contribution in [3.05, 3.63) is 141 Å². The fraction of sp³-hybridized carbons (Fsp3) is 0.414. The molecule has 0 atom stereocenters. The SMILES string of the molecule is CC(C)(C)c1cc(C(C)(C)C)c(B2c3ccccc3C=Cc3cc4c(cc32)C=Cc2ccccc2B4c2c(C(C)(C)C)cc(C(C)(C)C)cc2C(C)(C)C)c(C(C)(C)C)c1. The number of rotatable bonds is 2. The molecule has 0 aromatic heterocycles. The van der Waals surface area contributed by atoms with Gasteiger partial charge in [-0.1, -0.05) is 267 Å². The third kappa shape index (κ3) is 8.10. The van der Waals surface area contributed by atoms with Crippen molar-refractivity contribution in [3.8, 4) is 0 Å². The Morgan fingerprint density at radius 1 is 0.283 bits per heavy atom. The van der Waals surface area contributed by atoms with E-state index in [9.17, 15) is 0 Å². The first kappa shape index (κ1) is 43.8. The predicted octanol–water partition coefficient (Wildman–Crippen LogP) is 11.5. The van der Waals surface area contributed by atoms with Gasteiger partial charge in [-0.3, -0.25) is 0 Å². The molecule has 2 aliphatic heterocycles. The molecule has 7 rings (SSSR count). The van der Waals surface area contributed by atoms with Crippen molar-refractivity contribution >= 4 is 70.5 Å². The highest BCUT2D eigenvalue weighted by molar-refractivity contribution is 6.99. The molecule has 5 aromatic carbocycles. The van der Waals surface area contributed by atoms with Crippen LogP contribution in [0.2, 0.25) is 0 Å². The second-order valence-electron chi connectivity index (χ2n) is 24.4. The van der Waals surface area contributed by atoms with Crippen LogP contribution in [0.25, 0.3) is 24.3 Å². The minimum absolute atomic E-state index is 0.0222. The third-order valence-corrected chi connectivity index (χ3v) is 13.3. The largest absolute Gasteiger partial charge is 0.243 e. The van der Waals surface area contributed by atoms with Crippen molar-refractivity contribution in [2.75, 3.05) is 0 Å². The highest BCUT2D eigenvalue weighted by Crippen LogP contribution is 2.37. The van der Waals surface area contributed by atoms with Crippen molar-refractivity contribution in [1.82, 2.24) is 0 Å². The van der Waals surface area contributed by atoms with Crippen molar-refractivity contribution in [3.63, 3.8) is 0 Å². The lowest BCUT2D eigenvalue weighted by molar-refractivity contribution is 0.552. The number of hydrogen-bond donors (Lipinski definition) is 0. The van der Waals surface area contributed by atoms with Gasteiger partial charge in [-0.25, -0.2) is 0 Å². The Labute approximate surface area is 366 Å². The third-order valence-electron chi connectivity index (χ3n) is 13.3. The van der Waals surface area contributed by atoms with E-state index in [1.807, 2.05) is 0 Å². The fourth-order valence-electron chi connectivity index (χ4n) is 9.90. The van der Waals surface area contributed by atoms with Gasteiger partial charge in [0, 0.05) is 0 Å². The zero-order chi connectivity index (χ0) is 44.1. The molecule has 0 aliphatic carbocycles. The number of fused-ring (bicyclic) bond motifs is 4. The zero-order valence-corrected chi connectivity index (χ0v) is 40.5. The Balaban J connectivity index is 1.64. The Kier molecular flexibility index (Phi) is 10.7. The maximum absolute atomic E-state index is 2.60. The van der Waals surface area contributed by atoms with E-state index in [0.29, 0.717) is 0 Å². The van der Waals surface area contributed by atoms with Crippen molar-refractivity contribution in [2.45, 2.75) is 157 Å². The summed E-state index contributed by atoms with van der Waals surface area (Å²) in [6, 6.07) is 33.8. The van der Waals surface area contributed by atoms with Crippen molar-refractivity contribution < 1.29 is 0 Å². The average Bonchev–Trinajstić information content (AvgIpc) is 3.38. The maximum atomic E-state index is 2.60. The molecule has 0 N–H and O–H groups in total. The summed E-state index contributed by atoms with van der Waals surface area (Å²) >= 11 is 0. The molecule has 0 bridgehead atoms. The molecule has 0 nitrogen and oxygen atoms in total. The minimum Gasteiger partial charge on any atom is -0.0664 e. The summed E-state index contributed by atoms with van der Waals surface area (Å²) in [7, 11) is 0. The van der Waals surface area contributed by atoms with Crippen LogP contribution < -0.4 is 32.8 Å². The van der Waals surface area contributed by atoms with Gasteiger partial charge < -0.3 is 0 Å². The summed E-state index contributed by atoms with van der Waals surface area (Å²) in [5.74, 6) is 0. The number of hydrogen-bond acceptors (Lipinski definition) is 0. The van der Waals surface area contributed by atoms with E-state index in [4.69, 9.17) is 0 Å². The lowest BCUT2D eigenvalue weighted by Gasteiger charge is -2.37. The maximum Gasteiger partial charge on any atom is 0.243 e. The molecule has 0 radical (unpaired) electrons. The minimum atomic E-state index is -0.0737. The summed E-state index contributed by atoms with van der Waals surface area (Å²) in [6.07, 6.45) is 9.65. The molecule has 310 valence electrons. The fourth-order valence-corrected chi connectivity index (χ4v) is 9.90. The van der Waals surface area contributed by atoms with Crippen LogP contribution in [0.15, 0.2) is 84.9 Å². The molecule has 0 fully saturated rings. The normalized spacial score (nSPS) is 14.6. The van der Waals surface area contributed by atoms with E-state index in [0.717, 1.165) is 0 Å². The van der Waals surface area contributed by atoms with Crippen LogP contribution in [-0.2, 0) is 32.5 Å².